The van der Waals surface area contributed by atoms with Crippen LogP contribution in [0.25, 0.3) is 21.9 Å². The normalized spacial score (nSPS) is 11.0. The van der Waals surface area contributed by atoms with Crippen molar-refractivity contribution in [2.75, 3.05) is 0 Å². The van der Waals surface area contributed by atoms with Gasteiger partial charge in [-0.05, 0) is 12.1 Å². The van der Waals surface area contributed by atoms with Crippen LogP contribution in [0.2, 0.25) is 0 Å². The molecule has 2 heterocycles. The second kappa shape index (κ2) is 3.95. The van der Waals surface area contributed by atoms with Gasteiger partial charge in [0.15, 0.2) is 0 Å². The van der Waals surface area contributed by atoms with Gasteiger partial charge in [-0.1, -0.05) is 0 Å². The van der Waals surface area contributed by atoms with E-state index in [0.717, 1.165) is 12.3 Å². The molecule has 3 N–H and O–H groups in total. The molecule has 0 aliphatic heterocycles. The molecule has 0 saturated heterocycles. The van der Waals surface area contributed by atoms with E-state index in [-0.39, 0.29) is 21.9 Å². The summed E-state index contributed by atoms with van der Waals surface area (Å²) in [4.78, 5) is 36.3. The summed E-state index contributed by atoms with van der Waals surface area (Å²) in [7, 11) is 0. The number of aromatic amines is 1. The molecule has 0 spiro atoms. The summed E-state index contributed by atoms with van der Waals surface area (Å²) in [6, 6.07) is 3.98. The Labute approximate surface area is 109 Å². The van der Waals surface area contributed by atoms with Gasteiger partial charge in [0, 0.05) is 23.2 Å². The van der Waals surface area contributed by atoms with Gasteiger partial charge < -0.3 is 19.6 Å². The number of aromatic nitrogens is 1. The number of fused-ring (bicyclic) bond motifs is 3. The standard InChI is InChI=1S/C13H7NO6/c15-8-3-5-9(20-13(8)19)2-1-7-10(5)11(16)6(4-14-7)12(17)18/h1-4,14,16H,(H,17,18). The van der Waals surface area contributed by atoms with Crippen LogP contribution in [-0.4, -0.2) is 21.2 Å². The average Bonchev–Trinajstić information content (AvgIpc) is 2.40. The van der Waals surface area contributed by atoms with Crippen molar-refractivity contribution in [2.45, 2.75) is 0 Å². The minimum absolute atomic E-state index is 0.0911. The van der Waals surface area contributed by atoms with E-state index in [1.807, 2.05) is 0 Å². The fraction of sp³-hybridized carbons (Fsp3) is 0. The van der Waals surface area contributed by atoms with Crippen molar-refractivity contribution >= 4 is 27.8 Å². The first kappa shape index (κ1) is 12.0. The smallest absolute Gasteiger partial charge is 0.384 e. The van der Waals surface area contributed by atoms with Crippen LogP contribution in [0.4, 0.5) is 0 Å². The molecule has 0 bridgehead atoms. The number of H-pyrrole nitrogens is 1. The van der Waals surface area contributed by atoms with E-state index in [4.69, 9.17) is 9.52 Å². The zero-order chi connectivity index (χ0) is 14.4. The third-order valence-corrected chi connectivity index (χ3v) is 2.98. The molecule has 0 saturated carbocycles. The van der Waals surface area contributed by atoms with Gasteiger partial charge in [0.05, 0.1) is 5.39 Å². The number of carboxylic acid groups (broad SMARTS) is 1. The highest BCUT2D eigenvalue weighted by Gasteiger charge is 2.16. The molecule has 1 aromatic carbocycles. The van der Waals surface area contributed by atoms with Crippen LogP contribution in [0.3, 0.4) is 0 Å². The van der Waals surface area contributed by atoms with E-state index >= 15 is 0 Å². The Morgan fingerprint density at radius 2 is 2.00 bits per heavy atom. The molecule has 3 rings (SSSR count). The Bertz CT molecular complexity index is 982. The quantitative estimate of drug-likeness (QED) is 0.346. The van der Waals surface area contributed by atoms with E-state index in [0.29, 0.717) is 5.52 Å². The highest BCUT2D eigenvalue weighted by Crippen LogP contribution is 2.32. The number of hydrogen-bond donors (Lipinski definition) is 3. The van der Waals surface area contributed by atoms with Gasteiger partial charge >= 0.3 is 11.6 Å². The van der Waals surface area contributed by atoms with E-state index in [1.54, 1.807) is 0 Å². The molecule has 20 heavy (non-hydrogen) atoms. The second-order valence-corrected chi connectivity index (χ2v) is 4.15. The summed E-state index contributed by atoms with van der Waals surface area (Å²) in [5.74, 6) is -1.82. The lowest BCUT2D eigenvalue weighted by Gasteiger charge is -2.07. The monoisotopic (exact) mass is 273 g/mol. The van der Waals surface area contributed by atoms with Crippen LogP contribution in [0.5, 0.6) is 5.75 Å². The van der Waals surface area contributed by atoms with Crippen LogP contribution < -0.4 is 11.1 Å². The summed E-state index contributed by atoms with van der Waals surface area (Å²) in [5.41, 5.74) is -1.73. The number of nitrogens with one attached hydrogen (secondary N) is 1. The minimum Gasteiger partial charge on any atom is -0.506 e. The third-order valence-electron chi connectivity index (χ3n) is 2.98. The number of carbonyl (C=O) groups is 1. The van der Waals surface area contributed by atoms with Gasteiger partial charge in [0.25, 0.3) is 5.43 Å². The molecular weight excluding hydrogens is 266 g/mol. The maximum absolute atomic E-state index is 11.4. The Kier molecular flexibility index (Phi) is 2.37. The van der Waals surface area contributed by atoms with Crippen molar-refractivity contribution in [3.8, 4) is 5.75 Å². The van der Waals surface area contributed by atoms with Gasteiger partial charge in [-0.3, -0.25) is 4.79 Å². The van der Waals surface area contributed by atoms with Gasteiger partial charge in [-0.2, -0.15) is 0 Å². The molecule has 100 valence electrons. The maximum Gasteiger partial charge on any atom is 0.384 e. The molecule has 0 fully saturated rings. The highest BCUT2D eigenvalue weighted by molar-refractivity contribution is 6.10. The van der Waals surface area contributed by atoms with Crippen molar-refractivity contribution in [3.05, 3.63) is 50.6 Å². The molecular formula is C13H7NO6. The zero-order valence-electron chi connectivity index (χ0n) is 9.84. The number of rotatable bonds is 1. The minimum atomic E-state index is -1.32. The van der Waals surface area contributed by atoms with Crippen LogP contribution in [0.1, 0.15) is 10.4 Å². The first-order valence-corrected chi connectivity index (χ1v) is 5.53. The van der Waals surface area contributed by atoms with Crippen molar-refractivity contribution in [2.24, 2.45) is 0 Å². The Morgan fingerprint density at radius 3 is 2.70 bits per heavy atom. The molecule has 2 aromatic heterocycles. The highest BCUT2D eigenvalue weighted by atomic mass is 16.4. The molecule has 3 aromatic rings. The predicted molar refractivity (Wildman–Crippen MR) is 69.2 cm³/mol. The molecule has 0 atom stereocenters. The second-order valence-electron chi connectivity index (χ2n) is 4.15. The van der Waals surface area contributed by atoms with Crippen molar-refractivity contribution < 1.29 is 19.4 Å². The Balaban J connectivity index is 2.61. The molecule has 0 unspecified atom stereocenters. The summed E-state index contributed by atoms with van der Waals surface area (Å²) in [6.07, 6.45) is 1.14. The Hall–Kier alpha value is -3.09. The number of hydrogen-bond acceptors (Lipinski definition) is 5. The van der Waals surface area contributed by atoms with E-state index in [9.17, 15) is 19.5 Å². The summed E-state index contributed by atoms with van der Waals surface area (Å²) < 4.78 is 4.82. The molecule has 0 amide bonds. The summed E-state index contributed by atoms with van der Waals surface area (Å²) >= 11 is 0. The van der Waals surface area contributed by atoms with E-state index in [2.05, 4.69) is 4.98 Å². The van der Waals surface area contributed by atoms with E-state index in [1.165, 1.54) is 12.1 Å². The third kappa shape index (κ3) is 1.57. The van der Waals surface area contributed by atoms with Crippen molar-refractivity contribution in [3.63, 3.8) is 0 Å². The van der Waals surface area contributed by atoms with Gasteiger partial charge in [-0.25, -0.2) is 9.59 Å². The summed E-state index contributed by atoms with van der Waals surface area (Å²) in [5, 5.41) is 19.3. The number of aromatic carboxylic acids is 1. The van der Waals surface area contributed by atoms with Gasteiger partial charge in [0.1, 0.15) is 16.9 Å². The van der Waals surface area contributed by atoms with Crippen LogP contribution in [0, 0.1) is 0 Å². The van der Waals surface area contributed by atoms with Gasteiger partial charge in [-0.15, -0.1) is 0 Å². The Morgan fingerprint density at radius 1 is 1.25 bits per heavy atom. The molecule has 0 radical (unpaired) electrons. The SMILES string of the molecule is O=C(O)c1c[nH]c2ccc3oc(=O)c(=O)cc3c2c1O. The first-order valence-electron chi connectivity index (χ1n) is 5.53. The summed E-state index contributed by atoms with van der Waals surface area (Å²) in [6.45, 7) is 0. The van der Waals surface area contributed by atoms with Crippen LogP contribution in [0.15, 0.2) is 38.4 Å². The lowest BCUT2D eigenvalue weighted by Crippen LogP contribution is -2.20. The van der Waals surface area contributed by atoms with Crippen molar-refractivity contribution in [1.29, 1.82) is 0 Å². The number of benzene rings is 1. The molecule has 7 heteroatoms. The topological polar surface area (TPSA) is 121 Å². The predicted octanol–water partition coefficient (Wildman–Crippen LogP) is 1.04. The van der Waals surface area contributed by atoms with Crippen LogP contribution >= 0.6 is 0 Å². The maximum atomic E-state index is 11.4. The van der Waals surface area contributed by atoms with Crippen LogP contribution in [-0.2, 0) is 0 Å². The fourth-order valence-electron chi connectivity index (χ4n) is 2.06. The molecule has 0 aliphatic rings. The number of aromatic hydroxyl groups is 1. The zero-order valence-corrected chi connectivity index (χ0v) is 9.84. The molecule has 0 aliphatic carbocycles. The molecule has 7 nitrogen and oxygen atoms in total. The number of carboxylic acids is 1. The van der Waals surface area contributed by atoms with E-state index < -0.39 is 22.8 Å². The average molecular weight is 273 g/mol. The fourth-order valence-corrected chi connectivity index (χ4v) is 2.06. The largest absolute Gasteiger partial charge is 0.506 e. The number of pyridine rings is 1. The lowest BCUT2D eigenvalue weighted by atomic mass is 10.1. The lowest BCUT2D eigenvalue weighted by molar-refractivity contribution is 0.0693. The van der Waals surface area contributed by atoms with Crippen molar-refractivity contribution in [1.82, 2.24) is 4.98 Å². The van der Waals surface area contributed by atoms with Gasteiger partial charge in [0.2, 0.25) is 0 Å². The first-order chi connectivity index (χ1) is 9.49.